The first kappa shape index (κ1) is 13.7. The highest BCUT2D eigenvalue weighted by atomic mass is 35.5. The fourth-order valence-electron chi connectivity index (χ4n) is 1.40. The number of nitrogens with one attached hydrogen (secondary N) is 1. The van der Waals surface area contributed by atoms with Crippen LogP contribution in [0.3, 0.4) is 0 Å². The standard InChI is InChI=1S/C11H8ClF3N3O/c1-16-10-7(4-17-11(12)18-10)19-6-3-2-5(13)8(14)9(6)15/h3-4H,2H2,1H3,(H,16,17,18). The summed E-state index contributed by atoms with van der Waals surface area (Å²) in [4.78, 5) is 7.46. The van der Waals surface area contributed by atoms with E-state index in [-0.39, 0.29) is 23.3 Å². The Morgan fingerprint density at radius 2 is 2.05 bits per heavy atom. The summed E-state index contributed by atoms with van der Waals surface area (Å²) in [5.74, 6) is -4.32. The van der Waals surface area contributed by atoms with Gasteiger partial charge in [0.25, 0.3) is 0 Å². The molecule has 1 aromatic rings. The summed E-state index contributed by atoms with van der Waals surface area (Å²) in [5.41, 5.74) is 0. The summed E-state index contributed by atoms with van der Waals surface area (Å²) in [5, 5.41) is 2.63. The van der Waals surface area contributed by atoms with Crippen molar-refractivity contribution in [3.8, 4) is 5.75 Å². The van der Waals surface area contributed by atoms with Crippen LogP contribution in [0.2, 0.25) is 5.28 Å². The number of hydrogen-bond donors (Lipinski definition) is 1. The molecule has 4 nitrogen and oxygen atoms in total. The first-order valence-electron chi connectivity index (χ1n) is 5.18. The summed E-state index contributed by atoms with van der Waals surface area (Å²) in [7, 11) is 1.54. The van der Waals surface area contributed by atoms with Crippen LogP contribution in [0.4, 0.5) is 19.0 Å². The molecule has 0 saturated carbocycles. The fourth-order valence-corrected chi connectivity index (χ4v) is 1.53. The van der Waals surface area contributed by atoms with E-state index in [2.05, 4.69) is 15.3 Å². The molecule has 0 atom stereocenters. The molecule has 1 aliphatic rings. The second kappa shape index (κ2) is 5.48. The van der Waals surface area contributed by atoms with Gasteiger partial charge >= 0.3 is 0 Å². The highest BCUT2D eigenvalue weighted by Gasteiger charge is 2.25. The van der Waals surface area contributed by atoms with Crippen LogP contribution in [0.15, 0.2) is 29.4 Å². The highest BCUT2D eigenvalue weighted by Crippen LogP contribution is 2.34. The first-order chi connectivity index (χ1) is 9.02. The van der Waals surface area contributed by atoms with Crippen molar-refractivity contribution in [1.29, 1.82) is 0 Å². The molecule has 2 rings (SSSR count). The van der Waals surface area contributed by atoms with Crippen LogP contribution in [0.25, 0.3) is 0 Å². The van der Waals surface area contributed by atoms with Gasteiger partial charge in [-0.05, 0) is 11.6 Å². The Morgan fingerprint density at radius 3 is 2.74 bits per heavy atom. The number of ether oxygens (including phenoxy) is 1. The maximum atomic E-state index is 13.5. The van der Waals surface area contributed by atoms with Gasteiger partial charge in [0, 0.05) is 19.9 Å². The van der Waals surface area contributed by atoms with Crippen LogP contribution in [0.1, 0.15) is 6.42 Å². The van der Waals surface area contributed by atoms with Crippen molar-refractivity contribution in [3.63, 3.8) is 0 Å². The lowest BCUT2D eigenvalue weighted by atomic mass is 10.1. The lowest BCUT2D eigenvalue weighted by Crippen LogP contribution is -2.08. The van der Waals surface area contributed by atoms with Crippen molar-refractivity contribution in [2.45, 2.75) is 6.42 Å². The maximum absolute atomic E-state index is 13.5. The third-order valence-corrected chi connectivity index (χ3v) is 2.48. The van der Waals surface area contributed by atoms with E-state index in [4.69, 9.17) is 16.3 Å². The van der Waals surface area contributed by atoms with E-state index in [1.165, 1.54) is 6.20 Å². The molecule has 19 heavy (non-hydrogen) atoms. The molecule has 0 fully saturated rings. The topological polar surface area (TPSA) is 47.0 Å². The maximum Gasteiger partial charge on any atom is 0.224 e. The molecule has 0 unspecified atom stereocenters. The lowest BCUT2D eigenvalue weighted by Gasteiger charge is -2.15. The molecule has 1 aliphatic carbocycles. The van der Waals surface area contributed by atoms with Crippen LogP contribution in [0, 0.1) is 6.42 Å². The van der Waals surface area contributed by atoms with Crippen molar-refractivity contribution in [2.24, 2.45) is 0 Å². The van der Waals surface area contributed by atoms with E-state index >= 15 is 0 Å². The van der Waals surface area contributed by atoms with Crippen molar-refractivity contribution in [1.82, 2.24) is 9.97 Å². The summed E-state index contributed by atoms with van der Waals surface area (Å²) >= 11 is 5.58. The zero-order valence-electron chi connectivity index (χ0n) is 9.68. The molecule has 0 aliphatic heterocycles. The third-order valence-electron chi connectivity index (χ3n) is 2.30. The van der Waals surface area contributed by atoms with Gasteiger partial charge in [-0.1, -0.05) is 0 Å². The van der Waals surface area contributed by atoms with Crippen LogP contribution in [0.5, 0.6) is 5.75 Å². The van der Waals surface area contributed by atoms with Crippen molar-refractivity contribution < 1.29 is 17.9 Å². The van der Waals surface area contributed by atoms with E-state index in [0.717, 1.165) is 6.42 Å². The molecular formula is C11H8ClF3N3O. The minimum Gasteiger partial charge on any atom is -0.453 e. The zero-order chi connectivity index (χ0) is 14.0. The Hall–Kier alpha value is -1.76. The second-order valence-corrected chi connectivity index (χ2v) is 3.85. The predicted molar refractivity (Wildman–Crippen MR) is 63.5 cm³/mol. The molecule has 0 saturated heterocycles. The normalized spacial score (nSPS) is 15.8. The average Bonchev–Trinajstić information content (AvgIpc) is 2.41. The van der Waals surface area contributed by atoms with Crippen molar-refractivity contribution in [3.05, 3.63) is 41.1 Å². The fraction of sp³-hybridized carbons (Fsp3) is 0.182. The zero-order valence-corrected chi connectivity index (χ0v) is 10.4. The van der Waals surface area contributed by atoms with Crippen LogP contribution >= 0.6 is 11.6 Å². The predicted octanol–water partition coefficient (Wildman–Crippen LogP) is 3.49. The number of nitrogens with zero attached hydrogens (tertiary/aromatic N) is 2. The Kier molecular flexibility index (Phi) is 3.94. The molecule has 0 amide bonds. The van der Waals surface area contributed by atoms with Gasteiger partial charge in [-0.2, -0.15) is 9.37 Å². The lowest BCUT2D eigenvalue weighted by molar-refractivity contribution is 0.371. The average molecular weight is 291 g/mol. The molecule has 0 spiro atoms. The van der Waals surface area contributed by atoms with Gasteiger partial charge < -0.3 is 10.1 Å². The third kappa shape index (κ3) is 2.81. The quantitative estimate of drug-likeness (QED) is 0.866. The molecule has 0 aromatic carbocycles. The summed E-state index contributed by atoms with van der Waals surface area (Å²) < 4.78 is 44.5. The van der Waals surface area contributed by atoms with E-state index in [1.807, 2.05) is 0 Å². The van der Waals surface area contributed by atoms with Crippen LogP contribution in [-0.4, -0.2) is 17.0 Å². The Bertz CT molecular complexity index is 574. The molecule has 1 aromatic heterocycles. The number of halogens is 4. The van der Waals surface area contributed by atoms with Gasteiger partial charge in [-0.3, -0.25) is 0 Å². The monoisotopic (exact) mass is 290 g/mol. The Labute approximate surface area is 112 Å². The number of anilines is 1. The highest BCUT2D eigenvalue weighted by molar-refractivity contribution is 6.28. The number of hydrogen-bond acceptors (Lipinski definition) is 4. The van der Waals surface area contributed by atoms with Crippen molar-refractivity contribution >= 4 is 17.4 Å². The van der Waals surface area contributed by atoms with Crippen LogP contribution < -0.4 is 10.1 Å². The van der Waals surface area contributed by atoms with Gasteiger partial charge in [0.2, 0.25) is 5.28 Å². The van der Waals surface area contributed by atoms with Gasteiger partial charge in [0.15, 0.2) is 23.2 Å². The van der Waals surface area contributed by atoms with Gasteiger partial charge in [0.1, 0.15) is 11.6 Å². The number of aromatic nitrogens is 2. The second-order valence-electron chi connectivity index (χ2n) is 3.51. The molecule has 1 N–H and O–H groups in total. The minimum absolute atomic E-state index is 0.0316. The van der Waals surface area contributed by atoms with Crippen LogP contribution in [-0.2, 0) is 0 Å². The van der Waals surface area contributed by atoms with Gasteiger partial charge in [-0.15, -0.1) is 0 Å². The Balaban J connectivity index is 2.32. The number of rotatable bonds is 3. The van der Waals surface area contributed by atoms with Gasteiger partial charge in [0.05, 0.1) is 6.20 Å². The molecular weight excluding hydrogens is 283 g/mol. The van der Waals surface area contributed by atoms with Crippen molar-refractivity contribution in [2.75, 3.05) is 12.4 Å². The minimum atomic E-state index is -1.56. The van der Waals surface area contributed by atoms with E-state index in [9.17, 15) is 13.2 Å². The van der Waals surface area contributed by atoms with E-state index < -0.39 is 23.2 Å². The Morgan fingerprint density at radius 1 is 1.32 bits per heavy atom. The SMILES string of the molecule is CNc1nc(Cl)ncc1OC1=C(F)C(F)=C(F)C[CH]1. The largest absolute Gasteiger partial charge is 0.453 e. The van der Waals surface area contributed by atoms with E-state index in [1.54, 1.807) is 7.05 Å². The number of allylic oxidation sites excluding steroid dienone is 4. The summed E-state index contributed by atoms with van der Waals surface area (Å²) in [6, 6.07) is 0. The molecule has 1 heterocycles. The first-order valence-corrected chi connectivity index (χ1v) is 5.56. The molecule has 1 radical (unpaired) electrons. The van der Waals surface area contributed by atoms with E-state index in [0.29, 0.717) is 0 Å². The molecule has 101 valence electrons. The molecule has 8 heteroatoms. The smallest absolute Gasteiger partial charge is 0.224 e. The van der Waals surface area contributed by atoms with Gasteiger partial charge in [-0.25, -0.2) is 13.8 Å². The summed E-state index contributed by atoms with van der Waals surface area (Å²) in [6.07, 6.45) is 1.90. The molecule has 0 bridgehead atoms. The summed E-state index contributed by atoms with van der Waals surface area (Å²) in [6.45, 7) is 0.